The summed E-state index contributed by atoms with van der Waals surface area (Å²) in [6, 6.07) is 13.8. The SMILES string of the molecule is CSCc1nc2ccccc2n1CC(=O)N(Cc1csc(C)n1)c1ccc(F)cc1. The molecule has 0 saturated heterocycles. The van der Waals surface area contributed by atoms with Crippen LogP contribution in [-0.2, 0) is 23.6 Å². The van der Waals surface area contributed by atoms with Crippen molar-refractivity contribution in [3.05, 3.63) is 76.3 Å². The molecule has 0 saturated carbocycles. The third-order valence-electron chi connectivity index (χ3n) is 4.73. The maximum atomic E-state index is 13.5. The molecule has 0 unspecified atom stereocenters. The predicted octanol–water partition coefficient (Wildman–Crippen LogP) is 5.04. The van der Waals surface area contributed by atoms with E-state index in [1.807, 2.05) is 47.4 Å². The van der Waals surface area contributed by atoms with Crippen molar-refractivity contribution in [2.24, 2.45) is 0 Å². The van der Waals surface area contributed by atoms with Crippen LogP contribution < -0.4 is 4.90 Å². The number of hydrogen-bond acceptors (Lipinski definition) is 5. The number of halogens is 1. The molecule has 30 heavy (non-hydrogen) atoms. The largest absolute Gasteiger partial charge is 0.318 e. The average molecular weight is 441 g/mol. The first-order valence-corrected chi connectivity index (χ1v) is 11.7. The van der Waals surface area contributed by atoms with Crippen molar-refractivity contribution >= 4 is 45.7 Å². The number of hydrogen-bond donors (Lipinski definition) is 0. The smallest absolute Gasteiger partial charge is 0.247 e. The van der Waals surface area contributed by atoms with Gasteiger partial charge in [-0.2, -0.15) is 11.8 Å². The molecule has 4 rings (SSSR count). The van der Waals surface area contributed by atoms with Gasteiger partial charge >= 0.3 is 0 Å². The lowest BCUT2D eigenvalue weighted by molar-refractivity contribution is -0.119. The van der Waals surface area contributed by atoms with E-state index in [2.05, 4.69) is 4.98 Å². The zero-order chi connectivity index (χ0) is 21.1. The fourth-order valence-electron chi connectivity index (χ4n) is 3.35. The number of carbonyl (C=O) groups is 1. The van der Waals surface area contributed by atoms with Gasteiger partial charge in [-0.1, -0.05) is 12.1 Å². The summed E-state index contributed by atoms with van der Waals surface area (Å²) in [6.07, 6.45) is 2.01. The lowest BCUT2D eigenvalue weighted by Crippen LogP contribution is -2.34. The number of thioether (sulfide) groups is 1. The van der Waals surface area contributed by atoms with Crippen molar-refractivity contribution in [2.45, 2.75) is 25.8 Å². The van der Waals surface area contributed by atoms with Gasteiger partial charge < -0.3 is 9.47 Å². The Morgan fingerprint density at radius 1 is 1.17 bits per heavy atom. The molecule has 0 aliphatic carbocycles. The van der Waals surface area contributed by atoms with Crippen LogP contribution in [0.4, 0.5) is 10.1 Å². The van der Waals surface area contributed by atoms with Crippen molar-refractivity contribution in [3.8, 4) is 0 Å². The second-order valence-corrected chi connectivity index (χ2v) is 8.78. The van der Waals surface area contributed by atoms with E-state index >= 15 is 0 Å². The lowest BCUT2D eigenvalue weighted by atomic mass is 10.2. The number of aryl methyl sites for hydroxylation is 1. The highest BCUT2D eigenvalue weighted by atomic mass is 32.2. The Balaban J connectivity index is 1.69. The maximum absolute atomic E-state index is 13.5. The van der Waals surface area contributed by atoms with E-state index in [1.54, 1.807) is 40.1 Å². The molecule has 2 heterocycles. The van der Waals surface area contributed by atoms with Crippen LogP contribution in [0.15, 0.2) is 53.9 Å². The lowest BCUT2D eigenvalue weighted by Gasteiger charge is -2.23. The molecule has 5 nitrogen and oxygen atoms in total. The third-order valence-corrected chi connectivity index (χ3v) is 6.10. The van der Waals surface area contributed by atoms with Crippen molar-refractivity contribution in [1.82, 2.24) is 14.5 Å². The summed E-state index contributed by atoms with van der Waals surface area (Å²) in [6.45, 7) is 2.42. The van der Waals surface area contributed by atoms with E-state index in [-0.39, 0.29) is 18.3 Å². The average Bonchev–Trinajstić information content (AvgIpc) is 3.30. The minimum atomic E-state index is -0.335. The first-order chi connectivity index (χ1) is 14.5. The third kappa shape index (κ3) is 4.39. The van der Waals surface area contributed by atoms with Crippen LogP contribution >= 0.6 is 23.1 Å². The van der Waals surface area contributed by atoms with Crippen LogP contribution in [0, 0.1) is 12.7 Å². The topological polar surface area (TPSA) is 51.0 Å². The summed E-state index contributed by atoms with van der Waals surface area (Å²) in [4.78, 5) is 24.3. The number of aromatic nitrogens is 3. The number of fused-ring (bicyclic) bond motifs is 1. The molecule has 0 aliphatic rings. The van der Waals surface area contributed by atoms with Gasteiger partial charge in [-0.3, -0.25) is 4.79 Å². The Morgan fingerprint density at radius 2 is 1.93 bits per heavy atom. The predicted molar refractivity (Wildman–Crippen MR) is 121 cm³/mol. The zero-order valence-corrected chi connectivity index (χ0v) is 18.3. The molecule has 0 radical (unpaired) electrons. The van der Waals surface area contributed by atoms with Crippen LogP contribution in [0.2, 0.25) is 0 Å². The number of nitrogens with zero attached hydrogens (tertiary/aromatic N) is 4. The summed E-state index contributed by atoms with van der Waals surface area (Å²) in [5, 5.41) is 2.89. The fourth-order valence-corrected chi connectivity index (χ4v) is 4.43. The molecule has 0 N–H and O–H groups in total. The molecule has 4 aromatic rings. The molecule has 154 valence electrons. The second-order valence-electron chi connectivity index (χ2n) is 6.85. The van der Waals surface area contributed by atoms with Crippen LogP contribution in [0.25, 0.3) is 11.0 Å². The fraction of sp³-hybridized carbons (Fsp3) is 0.227. The number of para-hydroxylation sites is 2. The first kappa shape index (κ1) is 20.6. The van der Waals surface area contributed by atoms with Crippen molar-refractivity contribution in [3.63, 3.8) is 0 Å². The molecule has 1 amide bonds. The van der Waals surface area contributed by atoms with Crippen molar-refractivity contribution in [1.29, 1.82) is 0 Å². The highest BCUT2D eigenvalue weighted by Crippen LogP contribution is 2.23. The van der Waals surface area contributed by atoms with Crippen molar-refractivity contribution < 1.29 is 9.18 Å². The Morgan fingerprint density at radius 3 is 2.63 bits per heavy atom. The van der Waals surface area contributed by atoms with Gasteiger partial charge in [0, 0.05) is 11.1 Å². The van der Waals surface area contributed by atoms with Gasteiger partial charge in [0.25, 0.3) is 0 Å². The van der Waals surface area contributed by atoms with Gasteiger partial charge in [-0.05, 0) is 49.6 Å². The number of anilines is 1. The molecule has 2 aromatic heterocycles. The molecule has 0 atom stereocenters. The summed E-state index contributed by atoms with van der Waals surface area (Å²) in [5.41, 5.74) is 3.26. The molecular formula is C22H21FN4OS2. The molecule has 0 aliphatic heterocycles. The number of thiazole rings is 1. The molecule has 0 fully saturated rings. The summed E-state index contributed by atoms with van der Waals surface area (Å²) < 4.78 is 15.4. The molecule has 0 bridgehead atoms. The van der Waals surface area contributed by atoms with E-state index in [4.69, 9.17) is 4.98 Å². The van der Waals surface area contributed by atoms with Crippen LogP contribution in [0.5, 0.6) is 0 Å². The van der Waals surface area contributed by atoms with Gasteiger partial charge in [-0.15, -0.1) is 11.3 Å². The van der Waals surface area contributed by atoms with Crippen LogP contribution in [0.1, 0.15) is 16.5 Å². The number of rotatable bonds is 7. The van der Waals surface area contributed by atoms with E-state index < -0.39 is 0 Å². The van der Waals surface area contributed by atoms with E-state index in [1.165, 1.54) is 12.1 Å². The van der Waals surface area contributed by atoms with Gasteiger partial charge in [-0.25, -0.2) is 14.4 Å². The number of carbonyl (C=O) groups excluding carboxylic acids is 1. The zero-order valence-electron chi connectivity index (χ0n) is 16.7. The molecular weight excluding hydrogens is 419 g/mol. The first-order valence-electron chi connectivity index (χ1n) is 9.45. The number of benzene rings is 2. The number of imidazole rings is 1. The summed E-state index contributed by atoms with van der Waals surface area (Å²) in [5.74, 6) is 1.14. The Bertz CT molecular complexity index is 1170. The standard InChI is InChI=1S/C22H21FN4OS2/c1-15-24-17(13-30-15)11-26(18-9-7-16(23)8-10-18)22(28)12-27-20-6-4-3-5-19(20)25-21(27)14-29-2/h3-10,13H,11-12,14H2,1-2H3. The van der Waals surface area contributed by atoms with Crippen LogP contribution in [0.3, 0.4) is 0 Å². The Kier molecular flexibility index (Phi) is 6.15. The normalized spacial score (nSPS) is 11.2. The van der Waals surface area contributed by atoms with Gasteiger partial charge in [0.2, 0.25) is 5.91 Å². The summed E-state index contributed by atoms with van der Waals surface area (Å²) in [7, 11) is 0. The van der Waals surface area contributed by atoms with Gasteiger partial charge in [0.15, 0.2) is 0 Å². The molecule has 0 spiro atoms. The highest BCUT2D eigenvalue weighted by Gasteiger charge is 2.21. The molecule has 8 heteroatoms. The maximum Gasteiger partial charge on any atom is 0.247 e. The van der Waals surface area contributed by atoms with Crippen molar-refractivity contribution in [2.75, 3.05) is 11.2 Å². The van der Waals surface area contributed by atoms with E-state index in [9.17, 15) is 9.18 Å². The quantitative estimate of drug-likeness (QED) is 0.404. The monoisotopic (exact) mass is 440 g/mol. The molecule has 2 aromatic carbocycles. The minimum absolute atomic E-state index is 0.0993. The van der Waals surface area contributed by atoms with Crippen LogP contribution in [-0.4, -0.2) is 26.7 Å². The second kappa shape index (κ2) is 8.97. The number of amides is 1. The van der Waals surface area contributed by atoms with Gasteiger partial charge in [0.05, 0.1) is 34.0 Å². The van der Waals surface area contributed by atoms with Gasteiger partial charge in [0.1, 0.15) is 18.2 Å². The Hall–Kier alpha value is -2.71. The highest BCUT2D eigenvalue weighted by molar-refractivity contribution is 7.97. The van der Waals surface area contributed by atoms with E-state index in [0.29, 0.717) is 18.0 Å². The van der Waals surface area contributed by atoms with E-state index in [0.717, 1.165) is 27.6 Å². The minimum Gasteiger partial charge on any atom is -0.318 e. The summed E-state index contributed by atoms with van der Waals surface area (Å²) >= 11 is 3.21. The Labute approximate surface area is 182 Å².